The van der Waals surface area contributed by atoms with Crippen molar-refractivity contribution in [3.63, 3.8) is 0 Å². The maximum atomic E-state index is 5.87. The number of anilines is 1. The van der Waals surface area contributed by atoms with Gasteiger partial charge in [-0.3, -0.25) is 4.68 Å². The highest BCUT2D eigenvalue weighted by Crippen LogP contribution is 2.40. The second-order valence-electron chi connectivity index (χ2n) is 6.19. The molecule has 0 fully saturated rings. The fraction of sp³-hybridized carbons (Fsp3) is 0.333. The average molecular weight is 324 g/mol. The van der Waals surface area contributed by atoms with Crippen molar-refractivity contribution in [3.8, 4) is 22.6 Å². The summed E-state index contributed by atoms with van der Waals surface area (Å²) in [5, 5.41) is 6.42. The minimum Gasteiger partial charge on any atom is -0.490 e. The third-order valence-corrected chi connectivity index (χ3v) is 4.17. The molecule has 0 unspecified atom stereocenters. The van der Waals surface area contributed by atoms with E-state index in [0.717, 1.165) is 45.6 Å². The van der Waals surface area contributed by atoms with Gasteiger partial charge < -0.3 is 14.4 Å². The van der Waals surface area contributed by atoms with Crippen molar-refractivity contribution in [2.75, 3.05) is 32.2 Å². The van der Waals surface area contributed by atoms with Crippen LogP contribution in [0.2, 0.25) is 0 Å². The summed E-state index contributed by atoms with van der Waals surface area (Å²) in [6.07, 6.45) is 6.64. The largest absolute Gasteiger partial charge is 0.490 e. The number of ether oxygens (including phenoxy) is 2. The van der Waals surface area contributed by atoms with Gasteiger partial charge in [-0.15, -0.1) is 0 Å². The maximum absolute atomic E-state index is 5.87. The van der Waals surface area contributed by atoms with Crippen molar-refractivity contribution >= 4 is 16.6 Å². The molecule has 0 radical (unpaired) electrons. The Morgan fingerprint density at radius 3 is 2.38 bits per heavy atom. The molecule has 0 saturated heterocycles. The molecule has 3 heterocycles. The van der Waals surface area contributed by atoms with Crippen LogP contribution in [0.3, 0.4) is 0 Å². The molecule has 2 aromatic heterocycles. The van der Waals surface area contributed by atoms with E-state index in [-0.39, 0.29) is 0 Å². The standard InChI is InChI=1S/C18H20N4O2/c1-21(2)18-14-8-17-16(23-5-4-6-24-17)7-13(14)15(10-19-18)12-9-20-22(3)11-12/h7-11H,4-6H2,1-3H3. The van der Waals surface area contributed by atoms with E-state index in [1.807, 2.05) is 50.7 Å². The van der Waals surface area contributed by atoms with Crippen LogP contribution in [0, 0.1) is 0 Å². The Labute approximate surface area is 140 Å². The van der Waals surface area contributed by atoms with Crippen LogP contribution in [0.4, 0.5) is 5.82 Å². The third-order valence-electron chi connectivity index (χ3n) is 4.17. The summed E-state index contributed by atoms with van der Waals surface area (Å²) in [5.41, 5.74) is 2.08. The first-order chi connectivity index (χ1) is 11.6. The van der Waals surface area contributed by atoms with Gasteiger partial charge in [-0.1, -0.05) is 0 Å². The van der Waals surface area contributed by atoms with Crippen LogP contribution in [0.15, 0.2) is 30.7 Å². The number of benzene rings is 1. The van der Waals surface area contributed by atoms with E-state index in [9.17, 15) is 0 Å². The smallest absolute Gasteiger partial charge is 0.161 e. The van der Waals surface area contributed by atoms with E-state index in [4.69, 9.17) is 9.47 Å². The lowest BCUT2D eigenvalue weighted by Gasteiger charge is -2.18. The molecule has 0 saturated carbocycles. The van der Waals surface area contributed by atoms with Gasteiger partial charge in [-0.25, -0.2) is 4.98 Å². The summed E-state index contributed by atoms with van der Waals surface area (Å²) in [5.74, 6) is 2.49. The summed E-state index contributed by atoms with van der Waals surface area (Å²) >= 11 is 0. The fourth-order valence-corrected chi connectivity index (χ4v) is 3.03. The number of hydrogen-bond acceptors (Lipinski definition) is 5. The van der Waals surface area contributed by atoms with Gasteiger partial charge in [0, 0.05) is 56.5 Å². The van der Waals surface area contributed by atoms with Gasteiger partial charge in [0.15, 0.2) is 11.5 Å². The van der Waals surface area contributed by atoms with Crippen molar-refractivity contribution in [2.45, 2.75) is 6.42 Å². The first-order valence-electron chi connectivity index (χ1n) is 8.02. The number of aromatic nitrogens is 3. The molecule has 124 valence electrons. The first kappa shape index (κ1) is 14.8. The topological polar surface area (TPSA) is 52.4 Å². The van der Waals surface area contributed by atoms with E-state index >= 15 is 0 Å². The molecule has 4 rings (SSSR count). The highest BCUT2D eigenvalue weighted by Gasteiger charge is 2.18. The number of pyridine rings is 1. The second-order valence-corrected chi connectivity index (χ2v) is 6.19. The molecule has 1 aliphatic heterocycles. The molecular weight excluding hydrogens is 304 g/mol. The Morgan fingerprint density at radius 2 is 1.75 bits per heavy atom. The molecular formula is C18H20N4O2. The number of rotatable bonds is 2. The fourth-order valence-electron chi connectivity index (χ4n) is 3.03. The molecule has 1 aromatic carbocycles. The van der Waals surface area contributed by atoms with Crippen LogP contribution in [-0.4, -0.2) is 42.1 Å². The number of fused-ring (bicyclic) bond motifs is 2. The normalized spacial score (nSPS) is 13.8. The highest BCUT2D eigenvalue weighted by molar-refractivity contribution is 6.03. The summed E-state index contributed by atoms with van der Waals surface area (Å²) in [7, 11) is 5.90. The average Bonchev–Trinajstić information content (AvgIpc) is 2.86. The Balaban J connectivity index is 2.01. The molecule has 1 aliphatic rings. The lowest BCUT2D eigenvalue weighted by Crippen LogP contribution is -2.11. The lowest BCUT2D eigenvalue weighted by molar-refractivity contribution is 0.297. The quantitative estimate of drug-likeness (QED) is 0.725. The minimum absolute atomic E-state index is 0.672. The zero-order valence-corrected chi connectivity index (χ0v) is 14.1. The molecule has 0 amide bonds. The minimum atomic E-state index is 0.672. The molecule has 6 heteroatoms. The zero-order valence-electron chi connectivity index (χ0n) is 14.1. The van der Waals surface area contributed by atoms with Gasteiger partial charge in [0.05, 0.1) is 19.4 Å². The van der Waals surface area contributed by atoms with Crippen LogP contribution in [0.5, 0.6) is 11.5 Å². The second kappa shape index (κ2) is 5.70. The number of nitrogens with zero attached hydrogens (tertiary/aromatic N) is 4. The molecule has 0 bridgehead atoms. The molecule has 0 atom stereocenters. The van der Waals surface area contributed by atoms with Crippen LogP contribution in [0.25, 0.3) is 21.9 Å². The highest BCUT2D eigenvalue weighted by atomic mass is 16.5. The zero-order chi connectivity index (χ0) is 16.7. The van der Waals surface area contributed by atoms with Crippen LogP contribution < -0.4 is 14.4 Å². The Morgan fingerprint density at radius 1 is 1.04 bits per heavy atom. The lowest BCUT2D eigenvalue weighted by atomic mass is 10.0. The Bertz CT molecular complexity index is 901. The van der Waals surface area contributed by atoms with Gasteiger partial charge in [-0.05, 0) is 17.5 Å². The van der Waals surface area contributed by atoms with Crippen molar-refractivity contribution in [1.82, 2.24) is 14.8 Å². The molecule has 0 spiro atoms. The third kappa shape index (κ3) is 2.44. The predicted octanol–water partition coefficient (Wildman–Crippen LogP) is 2.86. The number of hydrogen-bond donors (Lipinski definition) is 0. The van der Waals surface area contributed by atoms with E-state index < -0.39 is 0 Å². The van der Waals surface area contributed by atoms with Gasteiger partial charge >= 0.3 is 0 Å². The van der Waals surface area contributed by atoms with Gasteiger partial charge in [0.25, 0.3) is 0 Å². The predicted molar refractivity (Wildman–Crippen MR) is 93.9 cm³/mol. The molecule has 3 aromatic rings. The van der Waals surface area contributed by atoms with Crippen molar-refractivity contribution < 1.29 is 9.47 Å². The maximum Gasteiger partial charge on any atom is 0.161 e. The Hall–Kier alpha value is -2.76. The Kier molecular flexibility index (Phi) is 3.52. The van der Waals surface area contributed by atoms with E-state index in [1.165, 1.54) is 0 Å². The summed E-state index contributed by atoms with van der Waals surface area (Å²) in [4.78, 5) is 6.67. The SMILES string of the molecule is CN(C)c1ncc(-c2cnn(C)c2)c2cc3c(cc12)OCCCO3. The summed E-state index contributed by atoms with van der Waals surface area (Å²) < 4.78 is 13.5. The van der Waals surface area contributed by atoms with Gasteiger partial charge in [-0.2, -0.15) is 5.10 Å². The summed E-state index contributed by atoms with van der Waals surface area (Å²) in [6.45, 7) is 1.35. The molecule has 24 heavy (non-hydrogen) atoms. The van der Waals surface area contributed by atoms with Crippen molar-refractivity contribution in [1.29, 1.82) is 0 Å². The van der Waals surface area contributed by atoms with Crippen LogP contribution >= 0.6 is 0 Å². The van der Waals surface area contributed by atoms with Crippen molar-refractivity contribution in [2.24, 2.45) is 7.05 Å². The monoisotopic (exact) mass is 324 g/mol. The first-order valence-corrected chi connectivity index (χ1v) is 8.02. The molecule has 0 aliphatic carbocycles. The van der Waals surface area contributed by atoms with E-state index in [1.54, 1.807) is 4.68 Å². The van der Waals surface area contributed by atoms with Crippen LogP contribution in [-0.2, 0) is 7.05 Å². The van der Waals surface area contributed by atoms with E-state index in [2.05, 4.69) is 16.1 Å². The van der Waals surface area contributed by atoms with Gasteiger partial charge in [0.1, 0.15) is 5.82 Å². The van der Waals surface area contributed by atoms with Gasteiger partial charge in [0.2, 0.25) is 0 Å². The molecule has 0 N–H and O–H groups in total. The summed E-state index contributed by atoms with van der Waals surface area (Å²) in [6, 6.07) is 4.10. The van der Waals surface area contributed by atoms with Crippen molar-refractivity contribution in [3.05, 3.63) is 30.7 Å². The van der Waals surface area contributed by atoms with E-state index in [0.29, 0.717) is 13.2 Å². The number of aryl methyl sites for hydroxylation is 1. The molecule has 6 nitrogen and oxygen atoms in total. The van der Waals surface area contributed by atoms with Crippen LogP contribution in [0.1, 0.15) is 6.42 Å².